The molecule has 0 saturated heterocycles. The maximum absolute atomic E-state index is 13.5. The third-order valence-electron chi connectivity index (χ3n) is 2.32. The monoisotopic (exact) mass is 315 g/mol. The summed E-state index contributed by atoms with van der Waals surface area (Å²) in [6.45, 7) is 0. The molecule has 20 heavy (non-hydrogen) atoms. The van der Waals surface area contributed by atoms with Gasteiger partial charge in [0, 0.05) is 0 Å². The average molecular weight is 315 g/mol. The lowest BCUT2D eigenvalue weighted by Crippen LogP contribution is -2.14. The summed E-state index contributed by atoms with van der Waals surface area (Å²) in [5, 5.41) is 8.65. The lowest BCUT2D eigenvalue weighted by Gasteiger charge is -2.10. The van der Waals surface area contributed by atoms with Gasteiger partial charge in [-0.05, 0) is 24.3 Å². The summed E-state index contributed by atoms with van der Waals surface area (Å²) in [6, 6.07) is 6.13. The second kappa shape index (κ2) is 5.07. The largest absolute Gasteiger partial charge is 0.397 e. The van der Waals surface area contributed by atoms with E-state index < -0.39 is 27.3 Å². The number of halogens is 2. The third-order valence-corrected chi connectivity index (χ3v) is 5.15. The smallest absolute Gasteiger partial charge is 0.271 e. The van der Waals surface area contributed by atoms with Crippen molar-refractivity contribution in [1.29, 1.82) is 5.26 Å². The molecule has 0 spiro atoms. The Balaban J connectivity index is 2.44. The molecule has 0 aliphatic rings. The second-order valence-corrected chi connectivity index (χ2v) is 6.65. The van der Waals surface area contributed by atoms with Gasteiger partial charge >= 0.3 is 0 Å². The number of sulfonamides is 1. The molecule has 5 nitrogen and oxygen atoms in total. The number of hydrogen-bond acceptors (Lipinski definition) is 5. The Kier molecular flexibility index (Phi) is 3.61. The molecule has 0 unspecified atom stereocenters. The minimum absolute atomic E-state index is 0.179. The fourth-order valence-electron chi connectivity index (χ4n) is 1.38. The van der Waals surface area contributed by atoms with Crippen molar-refractivity contribution in [3.63, 3.8) is 0 Å². The van der Waals surface area contributed by atoms with Crippen LogP contribution >= 0.6 is 11.3 Å². The maximum Gasteiger partial charge on any atom is 0.271 e. The average Bonchev–Trinajstić information content (AvgIpc) is 2.89. The van der Waals surface area contributed by atoms with Gasteiger partial charge in [-0.15, -0.1) is 11.3 Å². The van der Waals surface area contributed by atoms with E-state index in [1.807, 2.05) is 4.72 Å². The number of nitrogens with two attached hydrogens (primary N) is 1. The van der Waals surface area contributed by atoms with Crippen LogP contribution in [0.25, 0.3) is 0 Å². The third kappa shape index (κ3) is 2.56. The fourth-order valence-corrected chi connectivity index (χ4v) is 3.57. The quantitative estimate of drug-likeness (QED) is 0.849. The number of benzene rings is 1. The normalized spacial score (nSPS) is 11.1. The molecule has 2 aromatic rings. The Hall–Kier alpha value is -2.18. The van der Waals surface area contributed by atoms with Crippen molar-refractivity contribution < 1.29 is 17.2 Å². The van der Waals surface area contributed by atoms with Crippen LogP contribution in [0.4, 0.5) is 20.2 Å². The lowest BCUT2D eigenvalue weighted by molar-refractivity contribution is 0.512. The highest BCUT2D eigenvalue weighted by atomic mass is 32.2. The first-order valence-electron chi connectivity index (χ1n) is 5.11. The van der Waals surface area contributed by atoms with Gasteiger partial charge in [0.15, 0.2) is 11.6 Å². The molecule has 0 radical (unpaired) electrons. The minimum atomic E-state index is -4.13. The number of nitriles is 1. The van der Waals surface area contributed by atoms with Crippen molar-refractivity contribution >= 4 is 32.7 Å². The van der Waals surface area contributed by atoms with E-state index in [4.69, 9.17) is 11.0 Å². The molecular formula is C11H7F2N3O2S2. The molecule has 0 fully saturated rings. The van der Waals surface area contributed by atoms with Gasteiger partial charge < -0.3 is 5.73 Å². The molecule has 0 atom stereocenters. The van der Waals surface area contributed by atoms with Crippen molar-refractivity contribution in [2.75, 3.05) is 10.5 Å². The molecular weight excluding hydrogens is 308 g/mol. The van der Waals surface area contributed by atoms with E-state index in [1.165, 1.54) is 12.1 Å². The Morgan fingerprint density at radius 3 is 2.55 bits per heavy atom. The lowest BCUT2D eigenvalue weighted by atomic mass is 10.2. The number of rotatable bonds is 3. The van der Waals surface area contributed by atoms with E-state index in [9.17, 15) is 17.2 Å². The van der Waals surface area contributed by atoms with Crippen LogP contribution in [0.1, 0.15) is 4.88 Å². The fraction of sp³-hybridized carbons (Fsp3) is 0. The van der Waals surface area contributed by atoms with Crippen LogP contribution in [0.2, 0.25) is 0 Å². The van der Waals surface area contributed by atoms with Crippen LogP contribution in [-0.2, 0) is 10.0 Å². The molecule has 0 saturated carbocycles. The van der Waals surface area contributed by atoms with E-state index in [-0.39, 0.29) is 14.8 Å². The molecule has 0 aliphatic carbocycles. The van der Waals surface area contributed by atoms with Gasteiger partial charge in [-0.1, -0.05) is 0 Å². The van der Waals surface area contributed by atoms with Crippen LogP contribution in [0.3, 0.4) is 0 Å². The summed E-state index contributed by atoms with van der Waals surface area (Å²) >= 11 is 0.706. The van der Waals surface area contributed by atoms with E-state index in [0.717, 1.165) is 12.1 Å². The highest BCUT2D eigenvalue weighted by molar-refractivity contribution is 7.94. The van der Waals surface area contributed by atoms with Crippen molar-refractivity contribution in [3.8, 4) is 6.07 Å². The van der Waals surface area contributed by atoms with E-state index in [0.29, 0.717) is 11.3 Å². The standard InChI is InChI=1S/C11H7F2N3O2S2/c12-7-2-3-8(15)11(10(7)13)16-20(17,18)9-4-1-6(5-14)19-9/h1-4,16H,15H2. The second-order valence-electron chi connectivity index (χ2n) is 3.66. The topological polar surface area (TPSA) is 96.0 Å². The number of nitrogens with zero attached hydrogens (tertiary/aromatic N) is 1. The Bertz CT molecular complexity index is 810. The zero-order chi connectivity index (χ0) is 14.9. The predicted octanol–water partition coefficient (Wildman–Crippen LogP) is 2.28. The van der Waals surface area contributed by atoms with Crippen molar-refractivity contribution in [2.45, 2.75) is 4.21 Å². The molecule has 9 heteroatoms. The molecule has 0 bridgehead atoms. The van der Waals surface area contributed by atoms with Gasteiger partial charge in [-0.3, -0.25) is 4.72 Å². The summed E-state index contributed by atoms with van der Waals surface area (Å²) in [5.74, 6) is -2.61. The van der Waals surface area contributed by atoms with Crippen molar-refractivity contribution in [1.82, 2.24) is 0 Å². The molecule has 1 aromatic carbocycles. The van der Waals surface area contributed by atoms with Crippen LogP contribution in [0.15, 0.2) is 28.5 Å². The Morgan fingerprint density at radius 1 is 1.25 bits per heavy atom. The van der Waals surface area contributed by atoms with Gasteiger partial charge in [-0.25, -0.2) is 17.2 Å². The number of anilines is 2. The van der Waals surface area contributed by atoms with Crippen molar-refractivity contribution in [3.05, 3.63) is 40.8 Å². The Morgan fingerprint density at radius 2 is 1.95 bits per heavy atom. The van der Waals surface area contributed by atoms with E-state index >= 15 is 0 Å². The van der Waals surface area contributed by atoms with Crippen LogP contribution in [0.5, 0.6) is 0 Å². The van der Waals surface area contributed by atoms with Gasteiger partial charge in [0.2, 0.25) is 0 Å². The summed E-state index contributed by atoms with van der Waals surface area (Å²) in [4.78, 5) is 0.179. The molecule has 2 rings (SSSR count). The first kappa shape index (κ1) is 14.2. The molecule has 3 N–H and O–H groups in total. The summed E-state index contributed by atoms with van der Waals surface area (Å²) < 4.78 is 52.3. The summed E-state index contributed by atoms with van der Waals surface area (Å²) in [7, 11) is -4.13. The van der Waals surface area contributed by atoms with Gasteiger partial charge in [0.05, 0.1) is 5.69 Å². The van der Waals surface area contributed by atoms with Gasteiger partial charge in [-0.2, -0.15) is 5.26 Å². The molecule has 1 heterocycles. The summed E-state index contributed by atoms with van der Waals surface area (Å²) in [5.41, 5.74) is 4.52. The predicted molar refractivity (Wildman–Crippen MR) is 70.6 cm³/mol. The zero-order valence-electron chi connectivity index (χ0n) is 9.72. The zero-order valence-corrected chi connectivity index (χ0v) is 11.4. The number of thiophene rings is 1. The molecule has 0 aliphatic heterocycles. The Labute approximate surface area is 117 Å². The maximum atomic E-state index is 13.5. The number of hydrogen-bond donors (Lipinski definition) is 2. The van der Waals surface area contributed by atoms with Gasteiger partial charge in [0.1, 0.15) is 20.8 Å². The molecule has 104 valence electrons. The highest BCUT2D eigenvalue weighted by Gasteiger charge is 2.21. The van der Waals surface area contributed by atoms with E-state index in [2.05, 4.69) is 0 Å². The molecule has 1 aromatic heterocycles. The van der Waals surface area contributed by atoms with Crippen LogP contribution < -0.4 is 10.5 Å². The number of nitrogens with one attached hydrogen (secondary N) is 1. The van der Waals surface area contributed by atoms with Gasteiger partial charge in [0.25, 0.3) is 10.0 Å². The minimum Gasteiger partial charge on any atom is -0.397 e. The van der Waals surface area contributed by atoms with E-state index in [1.54, 1.807) is 6.07 Å². The van der Waals surface area contributed by atoms with Crippen LogP contribution in [-0.4, -0.2) is 8.42 Å². The first-order valence-corrected chi connectivity index (χ1v) is 7.41. The molecule has 0 amide bonds. The SMILES string of the molecule is N#Cc1ccc(S(=O)(=O)Nc2c(N)ccc(F)c2F)s1. The van der Waals surface area contributed by atoms with Crippen molar-refractivity contribution in [2.24, 2.45) is 0 Å². The summed E-state index contributed by atoms with van der Waals surface area (Å²) in [6.07, 6.45) is 0. The number of nitrogen functional groups attached to an aromatic ring is 1. The first-order chi connectivity index (χ1) is 9.35. The highest BCUT2D eigenvalue weighted by Crippen LogP contribution is 2.29. The van der Waals surface area contributed by atoms with Crippen LogP contribution in [0, 0.1) is 23.0 Å².